The van der Waals surface area contributed by atoms with Crippen molar-refractivity contribution in [2.24, 2.45) is 5.92 Å². The van der Waals surface area contributed by atoms with Crippen LogP contribution in [0.15, 0.2) is 18.2 Å². The van der Waals surface area contributed by atoms with E-state index in [0.29, 0.717) is 25.3 Å². The molecule has 3 aliphatic rings. The number of nitrogens with zero attached hydrogens (tertiary/aromatic N) is 2. The minimum Gasteiger partial charge on any atom is -0.454 e. The maximum atomic E-state index is 12.6. The molecule has 0 atom stereocenters. The van der Waals surface area contributed by atoms with Gasteiger partial charge in [-0.15, -0.1) is 0 Å². The highest BCUT2D eigenvalue weighted by Crippen LogP contribution is 2.32. The average molecular weight is 344 g/mol. The summed E-state index contributed by atoms with van der Waals surface area (Å²) in [5.41, 5.74) is 0.931. The second kappa shape index (κ2) is 6.94. The third-order valence-electron chi connectivity index (χ3n) is 5.41. The smallest absolute Gasteiger partial charge is 0.231 e. The SMILES string of the molecule is O=C(Cc1ccc2c(c1)OCO2)N1CCCN(C(=O)C2CCC2)CC1. The van der Waals surface area contributed by atoms with Crippen molar-refractivity contribution in [3.63, 3.8) is 0 Å². The van der Waals surface area contributed by atoms with Gasteiger partial charge in [0, 0.05) is 32.1 Å². The summed E-state index contributed by atoms with van der Waals surface area (Å²) in [7, 11) is 0. The number of benzene rings is 1. The molecule has 2 heterocycles. The lowest BCUT2D eigenvalue weighted by Gasteiger charge is -2.31. The van der Waals surface area contributed by atoms with Gasteiger partial charge in [-0.25, -0.2) is 0 Å². The Kier molecular flexibility index (Phi) is 4.51. The van der Waals surface area contributed by atoms with Gasteiger partial charge in [-0.05, 0) is 37.0 Å². The Hall–Kier alpha value is -2.24. The molecule has 0 aromatic heterocycles. The van der Waals surface area contributed by atoms with Gasteiger partial charge in [0.2, 0.25) is 18.6 Å². The quantitative estimate of drug-likeness (QED) is 0.839. The Morgan fingerprint density at radius 3 is 2.52 bits per heavy atom. The average Bonchev–Trinajstić information content (AvgIpc) is 2.87. The van der Waals surface area contributed by atoms with Crippen LogP contribution in [0, 0.1) is 5.92 Å². The van der Waals surface area contributed by atoms with Crippen LogP contribution in [0.25, 0.3) is 0 Å². The molecule has 1 aromatic rings. The van der Waals surface area contributed by atoms with Gasteiger partial charge in [0.15, 0.2) is 11.5 Å². The number of carbonyl (C=O) groups excluding carboxylic acids is 2. The van der Waals surface area contributed by atoms with Gasteiger partial charge in [-0.1, -0.05) is 12.5 Å². The van der Waals surface area contributed by atoms with Gasteiger partial charge in [-0.3, -0.25) is 9.59 Å². The summed E-state index contributed by atoms with van der Waals surface area (Å²) in [6.07, 6.45) is 4.44. The molecular weight excluding hydrogens is 320 g/mol. The number of ether oxygens (including phenoxy) is 2. The summed E-state index contributed by atoms with van der Waals surface area (Å²) in [4.78, 5) is 28.9. The molecule has 25 heavy (non-hydrogen) atoms. The van der Waals surface area contributed by atoms with Crippen molar-refractivity contribution in [3.8, 4) is 11.5 Å². The van der Waals surface area contributed by atoms with Gasteiger partial charge in [0.1, 0.15) is 0 Å². The fraction of sp³-hybridized carbons (Fsp3) is 0.579. The summed E-state index contributed by atoms with van der Waals surface area (Å²) in [6, 6.07) is 5.65. The molecule has 0 N–H and O–H groups in total. The lowest BCUT2D eigenvalue weighted by molar-refractivity contribution is -0.138. The lowest BCUT2D eigenvalue weighted by atomic mass is 9.84. The van der Waals surface area contributed by atoms with E-state index in [1.54, 1.807) is 0 Å². The maximum Gasteiger partial charge on any atom is 0.231 e. The van der Waals surface area contributed by atoms with Crippen molar-refractivity contribution in [3.05, 3.63) is 23.8 Å². The molecule has 0 spiro atoms. The molecule has 1 saturated carbocycles. The molecular formula is C19H24N2O4. The Morgan fingerprint density at radius 1 is 0.960 bits per heavy atom. The van der Waals surface area contributed by atoms with Crippen molar-refractivity contribution in [1.82, 2.24) is 9.80 Å². The summed E-state index contributed by atoms with van der Waals surface area (Å²) in [6.45, 7) is 3.01. The maximum absolute atomic E-state index is 12.6. The molecule has 0 bridgehead atoms. The molecule has 0 unspecified atom stereocenters. The van der Waals surface area contributed by atoms with E-state index in [1.165, 1.54) is 6.42 Å². The normalized spacial score (nSPS) is 20.2. The second-order valence-electron chi connectivity index (χ2n) is 7.05. The van der Waals surface area contributed by atoms with Gasteiger partial charge >= 0.3 is 0 Å². The Labute approximate surface area is 147 Å². The molecule has 6 nitrogen and oxygen atoms in total. The van der Waals surface area contributed by atoms with Crippen LogP contribution >= 0.6 is 0 Å². The summed E-state index contributed by atoms with van der Waals surface area (Å²) >= 11 is 0. The molecule has 2 fully saturated rings. The standard InChI is InChI=1S/C19H24N2O4/c22-18(12-14-5-6-16-17(11-14)25-13-24-16)20-7-2-8-21(10-9-20)19(23)15-3-1-4-15/h5-6,11,15H,1-4,7-10,12-13H2. The van der Waals surface area contributed by atoms with Crippen molar-refractivity contribution >= 4 is 11.8 Å². The molecule has 134 valence electrons. The van der Waals surface area contributed by atoms with Crippen LogP contribution in [0.3, 0.4) is 0 Å². The fourth-order valence-corrected chi connectivity index (χ4v) is 3.64. The summed E-state index contributed by atoms with van der Waals surface area (Å²) < 4.78 is 10.7. The van der Waals surface area contributed by atoms with E-state index < -0.39 is 0 Å². The number of carbonyl (C=O) groups is 2. The van der Waals surface area contributed by atoms with Gasteiger partial charge in [0.05, 0.1) is 6.42 Å². The number of rotatable bonds is 3. The van der Waals surface area contributed by atoms with Crippen molar-refractivity contribution in [2.75, 3.05) is 33.0 Å². The van der Waals surface area contributed by atoms with Gasteiger partial charge in [0.25, 0.3) is 0 Å². The first kappa shape index (κ1) is 16.2. The van der Waals surface area contributed by atoms with E-state index in [2.05, 4.69) is 0 Å². The molecule has 1 aliphatic carbocycles. The Balaban J connectivity index is 1.33. The van der Waals surface area contributed by atoms with Crippen LogP contribution in [0.5, 0.6) is 11.5 Å². The predicted molar refractivity (Wildman–Crippen MR) is 91.4 cm³/mol. The van der Waals surface area contributed by atoms with E-state index >= 15 is 0 Å². The lowest BCUT2D eigenvalue weighted by Crippen LogP contribution is -2.41. The highest BCUT2D eigenvalue weighted by molar-refractivity contribution is 5.81. The number of hydrogen-bond acceptors (Lipinski definition) is 4. The van der Waals surface area contributed by atoms with Crippen molar-refractivity contribution < 1.29 is 19.1 Å². The van der Waals surface area contributed by atoms with Crippen LogP contribution in [0.4, 0.5) is 0 Å². The van der Waals surface area contributed by atoms with Gasteiger partial charge < -0.3 is 19.3 Å². The monoisotopic (exact) mass is 344 g/mol. The van der Waals surface area contributed by atoms with Crippen LogP contribution in [0.2, 0.25) is 0 Å². The highest BCUT2D eigenvalue weighted by atomic mass is 16.7. The first-order chi connectivity index (χ1) is 12.2. The van der Waals surface area contributed by atoms with E-state index in [9.17, 15) is 9.59 Å². The zero-order valence-electron chi connectivity index (χ0n) is 14.4. The third kappa shape index (κ3) is 3.43. The fourth-order valence-electron chi connectivity index (χ4n) is 3.64. The zero-order chi connectivity index (χ0) is 17.2. The van der Waals surface area contributed by atoms with E-state index in [-0.39, 0.29) is 24.5 Å². The Morgan fingerprint density at radius 2 is 1.72 bits per heavy atom. The first-order valence-corrected chi connectivity index (χ1v) is 9.16. The minimum absolute atomic E-state index is 0.108. The summed E-state index contributed by atoms with van der Waals surface area (Å²) in [5.74, 6) is 2.07. The molecule has 4 rings (SSSR count). The molecule has 6 heteroatoms. The number of amides is 2. The molecule has 2 aliphatic heterocycles. The van der Waals surface area contributed by atoms with Crippen LogP contribution < -0.4 is 9.47 Å². The van der Waals surface area contributed by atoms with E-state index in [0.717, 1.165) is 43.7 Å². The van der Waals surface area contributed by atoms with E-state index in [1.807, 2.05) is 28.0 Å². The molecule has 1 saturated heterocycles. The second-order valence-corrected chi connectivity index (χ2v) is 7.05. The van der Waals surface area contributed by atoms with Crippen LogP contribution in [-0.4, -0.2) is 54.6 Å². The van der Waals surface area contributed by atoms with Crippen molar-refractivity contribution in [2.45, 2.75) is 32.1 Å². The topological polar surface area (TPSA) is 59.1 Å². The van der Waals surface area contributed by atoms with Crippen molar-refractivity contribution in [1.29, 1.82) is 0 Å². The molecule has 1 aromatic carbocycles. The number of hydrogen-bond donors (Lipinski definition) is 0. The van der Waals surface area contributed by atoms with E-state index in [4.69, 9.17) is 9.47 Å². The number of fused-ring (bicyclic) bond motifs is 1. The molecule has 2 amide bonds. The largest absolute Gasteiger partial charge is 0.454 e. The van der Waals surface area contributed by atoms with Crippen LogP contribution in [0.1, 0.15) is 31.2 Å². The van der Waals surface area contributed by atoms with Crippen LogP contribution in [-0.2, 0) is 16.0 Å². The summed E-state index contributed by atoms with van der Waals surface area (Å²) in [5, 5.41) is 0. The molecule has 0 radical (unpaired) electrons. The zero-order valence-corrected chi connectivity index (χ0v) is 14.4. The third-order valence-corrected chi connectivity index (χ3v) is 5.41. The minimum atomic E-state index is 0.108. The predicted octanol–water partition coefficient (Wildman–Crippen LogP) is 1.82. The first-order valence-electron chi connectivity index (χ1n) is 9.16. The highest BCUT2D eigenvalue weighted by Gasteiger charge is 2.31. The Bertz CT molecular complexity index is 671. The van der Waals surface area contributed by atoms with Gasteiger partial charge in [-0.2, -0.15) is 0 Å².